The molecule has 6 aromatic rings. The molecular weight excluding hydrogens is 336 g/mol. The van der Waals surface area contributed by atoms with Gasteiger partial charge < -0.3 is 0 Å². The molecular formula is C28H18. The molecule has 0 aromatic heterocycles. The average Bonchev–Trinajstić information content (AvgIpc) is 2.91. The molecule has 0 aliphatic heterocycles. The fourth-order valence-corrected chi connectivity index (χ4v) is 3.97. The van der Waals surface area contributed by atoms with Gasteiger partial charge in [-0.25, -0.2) is 0 Å². The van der Waals surface area contributed by atoms with E-state index >= 15 is 0 Å². The first kappa shape index (κ1) is 9.03. The third kappa shape index (κ3) is 2.18. The molecule has 0 heteroatoms. The molecule has 0 atom stereocenters. The van der Waals surface area contributed by atoms with Crippen molar-refractivity contribution in [3.63, 3.8) is 0 Å². The van der Waals surface area contributed by atoms with Gasteiger partial charge in [0.25, 0.3) is 0 Å². The van der Waals surface area contributed by atoms with Gasteiger partial charge in [0.15, 0.2) is 0 Å². The van der Waals surface area contributed by atoms with E-state index in [0.717, 1.165) is 21.5 Å². The predicted octanol–water partition coefficient (Wildman–Crippen LogP) is 7.97. The van der Waals surface area contributed by atoms with Crippen LogP contribution < -0.4 is 0 Å². The molecule has 0 amide bonds. The lowest BCUT2D eigenvalue weighted by Crippen LogP contribution is -1.88. The van der Waals surface area contributed by atoms with Gasteiger partial charge in [0, 0.05) is 0 Å². The van der Waals surface area contributed by atoms with Crippen molar-refractivity contribution >= 4 is 43.1 Å². The number of fused-ring (bicyclic) bond motifs is 5. The summed E-state index contributed by atoms with van der Waals surface area (Å²) in [7, 11) is 0. The van der Waals surface area contributed by atoms with E-state index in [2.05, 4.69) is 0 Å². The molecule has 6 aromatic carbocycles. The predicted molar refractivity (Wildman–Crippen MR) is 122 cm³/mol. The van der Waals surface area contributed by atoms with Crippen LogP contribution in [0.2, 0.25) is 0 Å². The quantitative estimate of drug-likeness (QED) is 0.205. The van der Waals surface area contributed by atoms with Gasteiger partial charge in [0.05, 0.1) is 12.3 Å². The maximum Gasteiger partial charge on any atom is 0.0636 e. The summed E-state index contributed by atoms with van der Waals surface area (Å²) in [6, 6.07) is 13.5. The van der Waals surface area contributed by atoms with Crippen molar-refractivity contribution < 1.29 is 12.3 Å². The van der Waals surface area contributed by atoms with Gasteiger partial charge in [-0.1, -0.05) is 103 Å². The lowest BCUT2D eigenvalue weighted by Gasteiger charge is -2.15. The normalized spacial score (nSPS) is 16.1. The molecule has 0 saturated heterocycles. The Morgan fingerprint density at radius 3 is 1.93 bits per heavy atom. The van der Waals surface area contributed by atoms with Crippen molar-refractivity contribution in [2.45, 2.75) is 0 Å². The minimum absolute atomic E-state index is 0.0641. The zero-order valence-corrected chi connectivity index (χ0v) is 14.7. The molecule has 0 bridgehead atoms. The summed E-state index contributed by atoms with van der Waals surface area (Å²) in [5, 5.41) is 3.65. The second-order valence-corrected chi connectivity index (χ2v) is 6.69. The van der Waals surface area contributed by atoms with E-state index < -0.39 is 36.3 Å². The third-order valence-electron chi connectivity index (χ3n) is 5.18. The summed E-state index contributed by atoms with van der Waals surface area (Å²) >= 11 is 0. The molecule has 0 saturated carbocycles. The third-order valence-corrected chi connectivity index (χ3v) is 5.18. The van der Waals surface area contributed by atoms with E-state index in [4.69, 9.17) is 12.3 Å². The Bertz CT molecular complexity index is 1900. The Balaban J connectivity index is 1.98. The molecule has 130 valence electrons. The Hall–Kier alpha value is -3.64. The molecule has 0 fully saturated rings. The van der Waals surface area contributed by atoms with Gasteiger partial charge in [-0.05, 0) is 60.3 Å². The van der Waals surface area contributed by atoms with E-state index in [-0.39, 0.29) is 45.2 Å². The van der Waals surface area contributed by atoms with Crippen LogP contribution in [-0.2, 0) is 0 Å². The van der Waals surface area contributed by atoms with Crippen LogP contribution in [0.1, 0.15) is 12.3 Å². The average molecular weight is 364 g/mol. The summed E-state index contributed by atoms with van der Waals surface area (Å²) in [6.45, 7) is 0. The van der Waals surface area contributed by atoms with Crippen molar-refractivity contribution in [2.24, 2.45) is 0 Å². The highest BCUT2D eigenvalue weighted by Gasteiger charge is 2.13. The summed E-state index contributed by atoms with van der Waals surface area (Å²) in [6.07, 6.45) is 0. The monoisotopic (exact) mass is 363 g/mol. The Kier molecular flexibility index (Phi) is 1.91. The van der Waals surface area contributed by atoms with Crippen molar-refractivity contribution in [1.29, 1.82) is 0 Å². The van der Waals surface area contributed by atoms with Crippen LogP contribution in [0.3, 0.4) is 0 Å². The largest absolute Gasteiger partial charge is 0.0636 e. The van der Waals surface area contributed by atoms with Gasteiger partial charge in [-0.2, -0.15) is 0 Å². The lowest BCUT2D eigenvalue weighted by molar-refractivity contribution is 1.71. The first-order valence-corrected chi connectivity index (χ1v) is 8.98. The summed E-state index contributed by atoms with van der Waals surface area (Å²) in [4.78, 5) is 0. The Morgan fingerprint density at radius 1 is 0.464 bits per heavy atom. The molecule has 28 heavy (non-hydrogen) atoms. The van der Waals surface area contributed by atoms with Gasteiger partial charge in [-0.15, -0.1) is 0 Å². The molecule has 0 N–H and O–H groups in total. The van der Waals surface area contributed by atoms with E-state index in [1.54, 1.807) is 6.07 Å². The molecule has 0 unspecified atom stereocenters. The highest BCUT2D eigenvalue weighted by molar-refractivity contribution is 6.19. The molecule has 0 aliphatic carbocycles. The van der Waals surface area contributed by atoms with Crippen LogP contribution in [0.25, 0.3) is 54.2 Å². The topological polar surface area (TPSA) is 0 Å². The minimum atomic E-state index is -0.499. The fourth-order valence-electron chi connectivity index (χ4n) is 3.97. The number of hydrogen-bond donors (Lipinski definition) is 0. The van der Waals surface area contributed by atoms with Crippen LogP contribution in [0.4, 0.5) is 0 Å². The smallest absolute Gasteiger partial charge is 0.0616 e. The number of benzene rings is 6. The molecule has 0 heterocycles. The van der Waals surface area contributed by atoms with Crippen LogP contribution in [0.5, 0.6) is 0 Å². The highest BCUT2D eigenvalue weighted by atomic mass is 14.2. The van der Waals surface area contributed by atoms with E-state index in [1.165, 1.54) is 0 Å². The summed E-state index contributed by atoms with van der Waals surface area (Å²) in [5.41, 5.74) is 0.828. The zero-order chi connectivity index (χ0) is 26.3. The van der Waals surface area contributed by atoms with Crippen LogP contribution in [0.15, 0.2) is 109 Å². The molecule has 0 radical (unpaired) electrons. The standard InChI is InChI=1S/C28H18/c1-4-11-22-19(8-1)16-17-26-25(22)14-7-15-27(26)28-23-12-5-2-9-20(23)18-21-10-3-6-13-24(21)28/h1-18H/i2D,3D,5D,6D,9D,10D,12D,13D,18D. The molecule has 0 aliphatic rings. The maximum atomic E-state index is 8.88. The lowest BCUT2D eigenvalue weighted by atomic mass is 9.88. The second-order valence-electron chi connectivity index (χ2n) is 6.69. The Labute approximate surface area is 176 Å². The number of hydrogen-bond acceptors (Lipinski definition) is 0. The van der Waals surface area contributed by atoms with Gasteiger partial charge in [-0.3, -0.25) is 0 Å². The highest BCUT2D eigenvalue weighted by Crippen LogP contribution is 2.40. The van der Waals surface area contributed by atoms with E-state index in [0.29, 0.717) is 5.56 Å². The van der Waals surface area contributed by atoms with Crippen LogP contribution >= 0.6 is 0 Å². The van der Waals surface area contributed by atoms with Gasteiger partial charge in [0.1, 0.15) is 0 Å². The van der Waals surface area contributed by atoms with Gasteiger partial charge in [0.2, 0.25) is 0 Å². The Morgan fingerprint density at radius 2 is 1.14 bits per heavy atom. The summed E-state index contributed by atoms with van der Waals surface area (Å²) < 4.78 is 76.7. The van der Waals surface area contributed by atoms with Crippen LogP contribution in [-0.4, -0.2) is 0 Å². The van der Waals surface area contributed by atoms with E-state index in [9.17, 15) is 0 Å². The van der Waals surface area contributed by atoms with Gasteiger partial charge >= 0.3 is 0 Å². The first-order chi connectivity index (χ1) is 17.6. The summed E-state index contributed by atoms with van der Waals surface area (Å²) in [5.74, 6) is 0. The van der Waals surface area contributed by atoms with Crippen molar-refractivity contribution in [3.8, 4) is 11.1 Å². The van der Waals surface area contributed by atoms with Crippen molar-refractivity contribution in [3.05, 3.63) is 109 Å². The van der Waals surface area contributed by atoms with Crippen LogP contribution in [0, 0.1) is 0 Å². The van der Waals surface area contributed by atoms with Crippen molar-refractivity contribution in [1.82, 2.24) is 0 Å². The fraction of sp³-hybridized carbons (Fsp3) is 0. The molecule has 0 nitrogen and oxygen atoms in total. The SMILES string of the molecule is [2H]c1c([2H])c([2H])c2c(-c3cccc4c3ccc3ccccc34)c3c([2H])c([2H])c([2H])c([2H])c3c([2H])c2c1[2H]. The first-order valence-electron chi connectivity index (χ1n) is 13.5. The van der Waals surface area contributed by atoms with Crippen molar-refractivity contribution in [2.75, 3.05) is 0 Å². The molecule has 6 rings (SSSR count). The maximum absolute atomic E-state index is 8.88. The minimum Gasteiger partial charge on any atom is -0.0616 e. The van der Waals surface area contributed by atoms with E-state index in [1.807, 2.05) is 48.5 Å². The number of rotatable bonds is 1. The zero-order valence-electron chi connectivity index (χ0n) is 23.7. The molecule has 0 spiro atoms. The second kappa shape index (κ2) is 5.94.